The van der Waals surface area contributed by atoms with Gasteiger partial charge >= 0.3 is 29.6 Å². The van der Waals surface area contributed by atoms with Crippen molar-refractivity contribution in [3.63, 3.8) is 0 Å². The molecule has 11 heteroatoms. The number of fused-ring (bicyclic) bond motifs is 2. The maximum atomic E-state index is 12.9. The van der Waals surface area contributed by atoms with Gasteiger partial charge in [0.05, 0.1) is 34.4 Å². The van der Waals surface area contributed by atoms with Crippen molar-refractivity contribution in [2.75, 3.05) is 24.2 Å². The summed E-state index contributed by atoms with van der Waals surface area (Å²) in [5.74, 6) is -1.27. The van der Waals surface area contributed by atoms with Crippen molar-refractivity contribution >= 4 is 33.1 Å². The minimum atomic E-state index is -5.04. The van der Waals surface area contributed by atoms with Crippen molar-refractivity contribution in [2.45, 2.75) is 11.0 Å². The second-order valence-electron chi connectivity index (χ2n) is 5.96. The average Bonchev–Trinajstić information content (AvgIpc) is 2.63. The van der Waals surface area contributed by atoms with E-state index >= 15 is 0 Å². The molecule has 0 saturated heterocycles. The van der Waals surface area contributed by atoms with Crippen molar-refractivity contribution in [1.29, 1.82) is 0 Å². The molecule has 2 aromatic carbocycles. The Hall–Kier alpha value is -1.79. The Bertz CT molecular complexity index is 1070. The summed E-state index contributed by atoms with van der Waals surface area (Å²) < 4.78 is 34.7. The van der Waals surface area contributed by atoms with E-state index in [4.69, 9.17) is 10.8 Å². The molecule has 3 rings (SSSR count). The number of nitrogens with two attached hydrogens (primary N) is 1. The summed E-state index contributed by atoms with van der Waals surface area (Å²) in [6.07, 6.45) is -1.22. The number of anilines is 2. The first-order chi connectivity index (χ1) is 12.7. The fourth-order valence-electron chi connectivity index (χ4n) is 2.93. The van der Waals surface area contributed by atoms with Crippen molar-refractivity contribution < 1.29 is 62.3 Å². The molecule has 1 aliphatic rings. The van der Waals surface area contributed by atoms with Crippen LogP contribution in [0.3, 0.4) is 0 Å². The molecular weight excluding hydrogens is 399 g/mol. The predicted molar refractivity (Wildman–Crippen MR) is 93.7 cm³/mol. The van der Waals surface area contributed by atoms with Crippen LogP contribution in [-0.4, -0.2) is 54.0 Å². The van der Waals surface area contributed by atoms with E-state index in [2.05, 4.69) is 5.32 Å². The molecule has 0 amide bonds. The second-order valence-corrected chi connectivity index (χ2v) is 7.31. The molecule has 1 aliphatic carbocycles. The van der Waals surface area contributed by atoms with Crippen LogP contribution in [0.4, 0.5) is 11.4 Å². The summed E-state index contributed by atoms with van der Waals surface area (Å²) in [6, 6.07) is 6.81. The van der Waals surface area contributed by atoms with E-state index in [-0.39, 0.29) is 64.0 Å². The Kier molecular flexibility index (Phi) is 6.66. The van der Waals surface area contributed by atoms with Crippen LogP contribution >= 0.6 is 0 Å². The van der Waals surface area contributed by atoms with Crippen LogP contribution in [-0.2, 0) is 10.1 Å². The van der Waals surface area contributed by atoms with E-state index < -0.39 is 45.0 Å². The van der Waals surface area contributed by atoms with Crippen molar-refractivity contribution in [3.05, 3.63) is 52.6 Å². The van der Waals surface area contributed by atoms with Crippen molar-refractivity contribution in [2.24, 2.45) is 0 Å². The van der Waals surface area contributed by atoms with Crippen LogP contribution in [0.5, 0.6) is 0 Å². The van der Waals surface area contributed by atoms with E-state index in [1.165, 1.54) is 18.2 Å². The summed E-state index contributed by atoms with van der Waals surface area (Å²) in [5.41, 5.74) is 4.63. The smallest absolute Gasteiger partial charge is 0.744 e. The van der Waals surface area contributed by atoms with Crippen molar-refractivity contribution in [3.8, 4) is 0 Å². The number of aliphatic hydroxyl groups is 2. The Labute approximate surface area is 182 Å². The third-order valence-corrected chi connectivity index (χ3v) is 5.08. The van der Waals surface area contributed by atoms with Crippen LogP contribution < -0.4 is 40.6 Å². The quantitative estimate of drug-likeness (QED) is 0.190. The predicted octanol–water partition coefficient (Wildman–Crippen LogP) is -3.28. The first-order valence-electron chi connectivity index (χ1n) is 7.80. The molecule has 0 aliphatic heterocycles. The maximum absolute atomic E-state index is 12.9. The Morgan fingerprint density at radius 3 is 2.14 bits per heavy atom. The van der Waals surface area contributed by atoms with Crippen LogP contribution in [0.1, 0.15) is 31.8 Å². The molecular formula is C17H15N2NaO7S. The molecule has 0 bridgehead atoms. The third-order valence-electron chi connectivity index (χ3n) is 4.21. The number of aliphatic hydroxyl groups excluding tert-OH is 2. The molecule has 142 valence electrons. The van der Waals surface area contributed by atoms with E-state index in [1.54, 1.807) is 6.07 Å². The van der Waals surface area contributed by atoms with Gasteiger partial charge < -0.3 is 25.8 Å². The second kappa shape index (κ2) is 8.29. The Balaban J connectivity index is 0.00000280. The summed E-state index contributed by atoms with van der Waals surface area (Å²) in [7, 11) is -5.04. The van der Waals surface area contributed by atoms with Gasteiger partial charge in [-0.05, 0) is 6.07 Å². The van der Waals surface area contributed by atoms with E-state index in [0.29, 0.717) is 0 Å². The number of nitrogens with one attached hydrogen (secondary N) is 1. The van der Waals surface area contributed by atoms with Gasteiger partial charge in [0, 0.05) is 23.4 Å². The van der Waals surface area contributed by atoms with Gasteiger partial charge in [-0.1, -0.05) is 24.3 Å². The zero-order valence-corrected chi connectivity index (χ0v) is 17.6. The molecule has 1 atom stereocenters. The van der Waals surface area contributed by atoms with Gasteiger partial charge in [-0.2, -0.15) is 0 Å². The molecule has 0 aromatic heterocycles. The zero-order chi connectivity index (χ0) is 19.9. The molecule has 0 spiro atoms. The molecule has 9 nitrogen and oxygen atoms in total. The number of carbonyl (C=O) groups excluding carboxylic acids is 2. The summed E-state index contributed by atoms with van der Waals surface area (Å²) in [6.45, 7) is -0.846. The minimum absolute atomic E-state index is 0. The molecule has 0 heterocycles. The van der Waals surface area contributed by atoms with Crippen LogP contribution in [0, 0.1) is 0 Å². The maximum Gasteiger partial charge on any atom is 1.00 e. The molecule has 0 radical (unpaired) electrons. The fourth-order valence-corrected chi connectivity index (χ4v) is 3.57. The van der Waals surface area contributed by atoms with Gasteiger partial charge in [0.15, 0.2) is 11.6 Å². The molecule has 5 N–H and O–H groups in total. The summed E-state index contributed by atoms with van der Waals surface area (Å²) in [5, 5.41) is 21.0. The van der Waals surface area contributed by atoms with E-state index in [0.717, 1.165) is 6.07 Å². The van der Waals surface area contributed by atoms with Crippen LogP contribution in [0.2, 0.25) is 0 Å². The number of hydrogen-bond donors (Lipinski definition) is 4. The Morgan fingerprint density at radius 1 is 1.11 bits per heavy atom. The topological polar surface area (TPSA) is 170 Å². The first kappa shape index (κ1) is 22.5. The van der Waals surface area contributed by atoms with E-state index in [1.807, 2.05) is 0 Å². The largest absolute Gasteiger partial charge is 1.00 e. The van der Waals surface area contributed by atoms with Crippen LogP contribution in [0.25, 0.3) is 0 Å². The third kappa shape index (κ3) is 3.85. The Morgan fingerprint density at radius 2 is 1.64 bits per heavy atom. The monoisotopic (exact) mass is 414 g/mol. The van der Waals surface area contributed by atoms with Gasteiger partial charge in [-0.3, -0.25) is 9.59 Å². The summed E-state index contributed by atoms with van der Waals surface area (Å²) >= 11 is 0. The number of ketones is 2. The standard InChI is InChI=1S/C17H16N2O7S.Na/c18-15-12(27(24,25)26)5-11(19-6-8(21)7-20)13-14(15)17(23)10-4-2-1-3-9(10)16(13)22;/h1-5,8,19-21H,6-7,18H2,(H,24,25,26);/q;+1/p-1. The van der Waals surface area contributed by atoms with Gasteiger partial charge in [-0.15, -0.1) is 0 Å². The number of hydrogen-bond acceptors (Lipinski definition) is 9. The molecule has 1 unspecified atom stereocenters. The van der Waals surface area contributed by atoms with Gasteiger partial charge in [0.25, 0.3) is 0 Å². The average molecular weight is 414 g/mol. The minimum Gasteiger partial charge on any atom is -0.744 e. The van der Waals surface area contributed by atoms with Gasteiger partial charge in [0.1, 0.15) is 10.1 Å². The number of nitrogen functional groups attached to an aromatic ring is 1. The normalized spacial score (nSPS) is 14.0. The van der Waals surface area contributed by atoms with E-state index in [9.17, 15) is 27.7 Å². The summed E-state index contributed by atoms with van der Waals surface area (Å²) in [4.78, 5) is 24.9. The SMILES string of the molecule is Nc1c(S(=O)(=O)[O-])cc(NCC(O)CO)c2c1C(=O)c1ccccc1C2=O.[Na+]. The van der Waals surface area contributed by atoms with Crippen molar-refractivity contribution in [1.82, 2.24) is 0 Å². The first-order valence-corrected chi connectivity index (χ1v) is 9.21. The zero-order valence-electron chi connectivity index (χ0n) is 14.8. The number of rotatable bonds is 5. The van der Waals surface area contributed by atoms with Gasteiger partial charge in [-0.25, -0.2) is 8.42 Å². The number of benzene rings is 2. The van der Waals surface area contributed by atoms with Crippen LogP contribution in [0.15, 0.2) is 35.2 Å². The molecule has 28 heavy (non-hydrogen) atoms. The molecule has 2 aromatic rings. The van der Waals surface area contributed by atoms with Gasteiger partial charge in [0.2, 0.25) is 0 Å². The molecule has 0 fully saturated rings. The molecule has 0 saturated carbocycles. The number of carbonyl (C=O) groups is 2. The fraction of sp³-hybridized carbons (Fsp3) is 0.176.